The van der Waals surface area contributed by atoms with Gasteiger partial charge in [0.25, 0.3) is 5.91 Å². The Bertz CT molecular complexity index is 1250. The first-order valence-electron chi connectivity index (χ1n) is 14.9. The Hall–Kier alpha value is -4.21. The molecule has 0 spiro atoms. The van der Waals surface area contributed by atoms with Gasteiger partial charge in [-0.15, -0.1) is 0 Å². The van der Waals surface area contributed by atoms with Gasteiger partial charge in [-0.3, -0.25) is 19.2 Å². The quantitative estimate of drug-likeness (QED) is 0.347. The molecule has 1 aliphatic heterocycles. The summed E-state index contributed by atoms with van der Waals surface area (Å²) in [6, 6.07) is 14.2. The van der Waals surface area contributed by atoms with Crippen molar-refractivity contribution in [3.8, 4) is 0 Å². The third-order valence-electron chi connectivity index (χ3n) is 7.13. The average Bonchev–Trinajstić information content (AvgIpc) is 2.95. The van der Waals surface area contributed by atoms with Crippen molar-refractivity contribution >= 4 is 29.6 Å². The normalized spacial score (nSPS) is 24.3. The molecule has 4 N–H and O–H groups in total. The van der Waals surface area contributed by atoms with E-state index in [1.54, 1.807) is 0 Å². The Morgan fingerprint density at radius 1 is 0.581 bits per heavy atom. The summed E-state index contributed by atoms with van der Waals surface area (Å²) >= 11 is 0. The van der Waals surface area contributed by atoms with Crippen molar-refractivity contribution in [2.24, 2.45) is 11.8 Å². The minimum absolute atomic E-state index is 0.0218. The maximum absolute atomic E-state index is 13.6. The van der Waals surface area contributed by atoms with E-state index in [9.17, 15) is 24.0 Å². The number of esters is 1. The first kappa shape index (κ1) is 33.3. The van der Waals surface area contributed by atoms with Crippen molar-refractivity contribution in [3.05, 3.63) is 71.8 Å². The van der Waals surface area contributed by atoms with Crippen molar-refractivity contribution < 1.29 is 28.7 Å². The Kier molecular flexibility index (Phi) is 12.3. The van der Waals surface area contributed by atoms with Crippen LogP contribution < -0.4 is 21.3 Å². The van der Waals surface area contributed by atoms with Gasteiger partial charge in [-0.2, -0.15) is 0 Å². The topological polar surface area (TPSA) is 143 Å². The molecule has 3 rings (SSSR count). The van der Waals surface area contributed by atoms with Gasteiger partial charge in [0.15, 0.2) is 6.10 Å². The van der Waals surface area contributed by atoms with Gasteiger partial charge in [0.1, 0.15) is 24.2 Å². The van der Waals surface area contributed by atoms with E-state index in [-0.39, 0.29) is 31.1 Å². The molecule has 2 aromatic carbocycles. The van der Waals surface area contributed by atoms with Crippen LogP contribution in [0.4, 0.5) is 0 Å². The lowest BCUT2D eigenvalue weighted by atomic mass is 10.00. The van der Waals surface area contributed by atoms with Crippen molar-refractivity contribution in [1.29, 1.82) is 0 Å². The molecule has 5 atom stereocenters. The highest BCUT2D eigenvalue weighted by Crippen LogP contribution is 2.15. The first-order chi connectivity index (χ1) is 20.4. The minimum Gasteiger partial charge on any atom is -0.451 e. The minimum atomic E-state index is -1.21. The molecule has 0 aliphatic carbocycles. The van der Waals surface area contributed by atoms with E-state index in [1.165, 1.54) is 6.92 Å². The summed E-state index contributed by atoms with van der Waals surface area (Å²) in [5, 5.41) is 11.0. The second-order valence-electron chi connectivity index (χ2n) is 12.0. The summed E-state index contributed by atoms with van der Waals surface area (Å²) in [7, 11) is 0. The van der Waals surface area contributed by atoms with E-state index in [1.807, 2.05) is 88.4 Å². The van der Waals surface area contributed by atoms with E-state index >= 15 is 0 Å². The van der Waals surface area contributed by atoms with Crippen LogP contribution in [0.15, 0.2) is 60.7 Å². The molecule has 10 heteroatoms. The first-order valence-corrected chi connectivity index (χ1v) is 14.9. The monoisotopic (exact) mass is 592 g/mol. The molecule has 1 saturated heterocycles. The van der Waals surface area contributed by atoms with E-state index in [2.05, 4.69) is 21.3 Å². The van der Waals surface area contributed by atoms with Crippen molar-refractivity contribution in [3.63, 3.8) is 0 Å². The van der Waals surface area contributed by atoms with Crippen LogP contribution >= 0.6 is 0 Å². The molecule has 1 aliphatic rings. The predicted molar refractivity (Wildman–Crippen MR) is 162 cm³/mol. The number of hydrogen-bond acceptors (Lipinski definition) is 6. The predicted octanol–water partition coefficient (Wildman–Crippen LogP) is 2.45. The maximum Gasteiger partial charge on any atom is 0.329 e. The molecule has 0 saturated carbocycles. The lowest BCUT2D eigenvalue weighted by Crippen LogP contribution is -2.57. The van der Waals surface area contributed by atoms with Gasteiger partial charge in [-0.25, -0.2) is 4.79 Å². The fourth-order valence-corrected chi connectivity index (χ4v) is 4.88. The standard InChI is InChI=1S/C33H44N4O6/c1-20(2)16-25-30(39)34-22(5)29(38)37-27(19-24-14-10-7-11-15-24)33(42)43-28(17-21(3)4)32(41)36-26(31(40)35-25)18-23-12-8-6-9-13-23/h6-15,20-22,25-28H,16-19H2,1-5H3,(H,34,39)(H,35,40)(H,36,41)(H,37,38)/t22-,25+,26-,27-,28-/m0/s1. The highest BCUT2D eigenvalue weighted by Gasteiger charge is 2.35. The van der Waals surface area contributed by atoms with Crippen LogP contribution in [0.25, 0.3) is 0 Å². The molecule has 4 amide bonds. The number of carbonyl (C=O) groups excluding carboxylic acids is 5. The number of cyclic esters (lactones) is 1. The van der Waals surface area contributed by atoms with Crippen LogP contribution in [0.5, 0.6) is 0 Å². The summed E-state index contributed by atoms with van der Waals surface area (Å²) in [4.78, 5) is 67.4. The molecule has 0 aromatic heterocycles. The molecule has 1 heterocycles. The van der Waals surface area contributed by atoms with Gasteiger partial charge in [0, 0.05) is 12.8 Å². The average molecular weight is 593 g/mol. The SMILES string of the molecule is CC(C)C[C@@H]1OC(=O)[C@H](Cc2ccccc2)NC(=O)[C@H](C)NC(=O)[C@@H](CC(C)C)NC(=O)[C@H](Cc2ccccc2)NC1=O. The number of hydrogen-bond donors (Lipinski definition) is 4. The molecule has 43 heavy (non-hydrogen) atoms. The van der Waals surface area contributed by atoms with Crippen molar-refractivity contribution in [2.45, 2.75) is 90.6 Å². The molecule has 0 unspecified atom stereocenters. The molecule has 232 valence electrons. The zero-order valence-electron chi connectivity index (χ0n) is 25.6. The summed E-state index contributed by atoms with van der Waals surface area (Å²) in [5.41, 5.74) is 1.58. The number of benzene rings is 2. The maximum atomic E-state index is 13.6. The lowest BCUT2D eigenvalue weighted by molar-refractivity contribution is -0.160. The van der Waals surface area contributed by atoms with Crippen LogP contribution in [0.3, 0.4) is 0 Å². The number of amides is 4. The zero-order chi connectivity index (χ0) is 31.5. The Morgan fingerprint density at radius 2 is 1.05 bits per heavy atom. The van der Waals surface area contributed by atoms with Crippen LogP contribution in [0.1, 0.15) is 58.6 Å². The molecule has 1 fully saturated rings. The molecule has 0 bridgehead atoms. The van der Waals surface area contributed by atoms with Crippen molar-refractivity contribution in [1.82, 2.24) is 21.3 Å². The lowest BCUT2D eigenvalue weighted by Gasteiger charge is -2.26. The van der Waals surface area contributed by atoms with Crippen LogP contribution in [-0.2, 0) is 41.6 Å². The van der Waals surface area contributed by atoms with Gasteiger partial charge < -0.3 is 26.0 Å². The van der Waals surface area contributed by atoms with Gasteiger partial charge >= 0.3 is 5.97 Å². The molecular formula is C33H44N4O6. The summed E-state index contributed by atoms with van der Waals surface area (Å²) in [5.74, 6) is -3.08. The van der Waals surface area contributed by atoms with Crippen LogP contribution in [-0.4, -0.2) is 59.9 Å². The fourth-order valence-electron chi connectivity index (χ4n) is 4.88. The number of nitrogens with one attached hydrogen (secondary N) is 4. The molecule has 2 aromatic rings. The summed E-state index contributed by atoms with van der Waals surface area (Å²) < 4.78 is 5.76. The van der Waals surface area contributed by atoms with Gasteiger partial charge in [-0.1, -0.05) is 88.4 Å². The Labute approximate surface area is 253 Å². The third-order valence-corrected chi connectivity index (χ3v) is 7.13. The fraction of sp³-hybridized carbons (Fsp3) is 0.485. The Morgan fingerprint density at radius 3 is 1.58 bits per heavy atom. The summed E-state index contributed by atoms with van der Waals surface area (Å²) in [6.45, 7) is 9.13. The summed E-state index contributed by atoms with van der Waals surface area (Å²) in [6.07, 6.45) is -0.414. The van der Waals surface area contributed by atoms with Gasteiger partial charge in [0.05, 0.1) is 0 Å². The second-order valence-corrected chi connectivity index (χ2v) is 12.0. The Balaban J connectivity index is 2.01. The highest BCUT2D eigenvalue weighted by molar-refractivity contribution is 5.96. The smallest absolute Gasteiger partial charge is 0.329 e. The van der Waals surface area contributed by atoms with Gasteiger partial charge in [0.2, 0.25) is 17.7 Å². The van der Waals surface area contributed by atoms with E-state index in [0.29, 0.717) is 6.42 Å². The molecule has 0 radical (unpaired) electrons. The molecule has 10 nitrogen and oxygen atoms in total. The number of ether oxygens (including phenoxy) is 1. The van der Waals surface area contributed by atoms with E-state index < -0.39 is 59.9 Å². The number of rotatable bonds is 8. The molecular weight excluding hydrogens is 548 g/mol. The van der Waals surface area contributed by atoms with Crippen LogP contribution in [0.2, 0.25) is 0 Å². The zero-order valence-corrected chi connectivity index (χ0v) is 25.6. The largest absolute Gasteiger partial charge is 0.451 e. The number of carbonyl (C=O) groups is 5. The van der Waals surface area contributed by atoms with Crippen LogP contribution in [0, 0.1) is 11.8 Å². The second kappa shape index (κ2) is 15.9. The highest BCUT2D eigenvalue weighted by atomic mass is 16.5. The third kappa shape index (κ3) is 10.5. The van der Waals surface area contributed by atoms with Gasteiger partial charge in [-0.05, 0) is 42.7 Å². The van der Waals surface area contributed by atoms with Crippen molar-refractivity contribution in [2.75, 3.05) is 0 Å². The van der Waals surface area contributed by atoms with E-state index in [4.69, 9.17) is 4.74 Å². The van der Waals surface area contributed by atoms with E-state index in [0.717, 1.165) is 11.1 Å².